The molecule has 1 amide bonds. The molecule has 0 spiro atoms. The molecule has 0 unspecified atom stereocenters. The zero-order valence-corrected chi connectivity index (χ0v) is 17.4. The number of aryl methyl sites for hydroxylation is 2. The van der Waals surface area contributed by atoms with Gasteiger partial charge in [-0.3, -0.25) is 4.79 Å². The first-order chi connectivity index (χ1) is 13.9. The third kappa shape index (κ3) is 4.71. The number of rotatable bonds is 6. The molecule has 0 saturated carbocycles. The number of carbonyl (C=O) groups excluding carboxylic acids is 1. The number of hydrogen-bond acceptors (Lipinski definition) is 5. The van der Waals surface area contributed by atoms with Crippen LogP contribution in [0.25, 0.3) is 0 Å². The summed E-state index contributed by atoms with van der Waals surface area (Å²) in [4.78, 5) is 21.5. The number of benzene rings is 2. The van der Waals surface area contributed by atoms with Gasteiger partial charge in [0.2, 0.25) is 5.95 Å². The Hall–Kier alpha value is -3.41. The SMILES string of the molecule is COc1ccc(C)cc1Nc1nccc(C(=O)Nc2c(C)cccc2C(C)C)n1. The number of carbonyl (C=O) groups is 1. The van der Waals surface area contributed by atoms with E-state index in [1.54, 1.807) is 19.4 Å². The highest BCUT2D eigenvalue weighted by Gasteiger charge is 2.15. The van der Waals surface area contributed by atoms with Gasteiger partial charge in [0.25, 0.3) is 5.91 Å². The number of hydrogen-bond donors (Lipinski definition) is 2. The van der Waals surface area contributed by atoms with Crippen LogP contribution in [0.5, 0.6) is 5.75 Å². The van der Waals surface area contributed by atoms with Crippen molar-refractivity contribution >= 4 is 23.2 Å². The molecular formula is C23H26N4O2. The van der Waals surface area contributed by atoms with E-state index in [-0.39, 0.29) is 11.6 Å². The lowest BCUT2D eigenvalue weighted by molar-refractivity contribution is 0.102. The molecule has 0 saturated heterocycles. The zero-order valence-electron chi connectivity index (χ0n) is 17.4. The molecule has 0 aliphatic heterocycles. The van der Waals surface area contributed by atoms with Crippen molar-refractivity contribution in [2.75, 3.05) is 17.7 Å². The highest BCUT2D eigenvalue weighted by atomic mass is 16.5. The molecule has 0 aliphatic carbocycles. The van der Waals surface area contributed by atoms with Crippen molar-refractivity contribution in [3.05, 3.63) is 71.0 Å². The molecule has 0 radical (unpaired) electrons. The highest BCUT2D eigenvalue weighted by molar-refractivity contribution is 6.04. The van der Waals surface area contributed by atoms with E-state index in [1.807, 2.05) is 50.2 Å². The summed E-state index contributed by atoms with van der Waals surface area (Å²) in [7, 11) is 1.61. The molecule has 1 heterocycles. The Bertz CT molecular complexity index is 1030. The number of anilines is 3. The second-order valence-corrected chi connectivity index (χ2v) is 7.24. The molecule has 0 fully saturated rings. The van der Waals surface area contributed by atoms with Crippen LogP contribution in [0.4, 0.5) is 17.3 Å². The molecule has 3 aromatic rings. The predicted molar refractivity (Wildman–Crippen MR) is 116 cm³/mol. The summed E-state index contributed by atoms with van der Waals surface area (Å²) in [6, 6.07) is 13.4. The molecule has 150 valence electrons. The van der Waals surface area contributed by atoms with E-state index in [2.05, 4.69) is 34.4 Å². The lowest BCUT2D eigenvalue weighted by Crippen LogP contribution is -2.17. The zero-order chi connectivity index (χ0) is 21.0. The Morgan fingerprint density at radius 2 is 1.90 bits per heavy atom. The first kappa shape index (κ1) is 20.3. The van der Waals surface area contributed by atoms with Gasteiger partial charge >= 0.3 is 0 Å². The number of aromatic nitrogens is 2. The van der Waals surface area contributed by atoms with Crippen molar-refractivity contribution in [2.45, 2.75) is 33.6 Å². The van der Waals surface area contributed by atoms with Crippen molar-refractivity contribution < 1.29 is 9.53 Å². The number of ether oxygens (including phenoxy) is 1. The summed E-state index contributed by atoms with van der Waals surface area (Å²) in [5.74, 6) is 1.02. The Labute approximate surface area is 171 Å². The second-order valence-electron chi connectivity index (χ2n) is 7.24. The highest BCUT2D eigenvalue weighted by Crippen LogP contribution is 2.29. The lowest BCUT2D eigenvalue weighted by atomic mass is 9.98. The van der Waals surface area contributed by atoms with E-state index >= 15 is 0 Å². The molecule has 2 aromatic carbocycles. The maximum atomic E-state index is 12.9. The Morgan fingerprint density at radius 1 is 1.10 bits per heavy atom. The van der Waals surface area contributed by atoms with Crippen molar-refractivity contribution in [1.29, 1.82) is 0 Å². The minimum atomic E-state index is -0.275. The predicted octanol–water partition coefficient (Wildman–Crippen LogP) is 5.22. The van der Waals surface area contributed by atoms with Crippen LogP contribution in [0.2, 0.25) is 0 Å². The number of nitrogens with one attached hydrogen (secondary N) is 2. The first-order valence-electron chi connectivity index (χ1n) is 9.54. The van der Waals surface area contributed by atoms with Gasteiger partial charge in [-0.05, 0) is 54.7 Å². The van der Waals surface area contributed by atoms with Crippen LogP contribution < -0.4 is 15.4 Å². The van der Waals surface area contributed by atoms with E-state index in [1.165, 1.54) is 0 Å². The minimum Gasteiger partial charge on any atom is -0.495 e. The third-order valence-electron chi connectivity index (χ3n) is 4.66. The largest absolute Gasteiger partial charge is 0.495 e. The van der Waals surface area contributed by atoms with Crippen LogP contribution in [0.3, 0.4) is 0 Å². The summed E-state index contributed by atoms with van der Waals surface area (Å²) >= 11 is 0. The van der Waals surface area contributed by atoms with Gasteiger partial charge in [0, 0.05) is 11.9 Å². The van der Waals surface area contributed by atoms with Gasteiger partial charge in [0.05, 0.1) is 12.8 Å². The van der Waals surface area contributed by atoms with Crippen molar-refractivity contribution in [3.8, 4) is 5.75 Å². The number of para-hydroxylation sites is 1. The monoisotopic (exact) mass is 390 g/mol. The lowest BCUT2D eigenvalue weighted by Gasteiger charge is -2.16. The van der Waals surface area contributed by atoms with Crippen LogP contribution in [0.15, 0.2) is 48.7 Å². The quantitative estimate of drug-likeness (QED) is 0.603. The number of amides is 1. The molecule has 1 aromatic heterocycles. The summed E-state index contributed by atoms with van der Waals surface area (Å²) in [6.45, 7) is 8.18. The average molecular weight is 390 g/mol. The van der Waals surface area contributed by atoms with Crippen LogP contribution in [0.1, 0.15) is 46.9 Å². The maximum Gasteiger partial charge on any atom is 0.274 e. The Morgan fingerprint density at radius 3 is 2.62 bits per heavy atom. The van der Waals surface area contributed by atoms with Gasteiger partial charge in [0.1, 0.15) is 11.4 Å². The number of methoxy groups -OCH3 is 1. The Kier molecular flexibility index (Phi) is 6.12. The maximum absolute atomic E-state index is 12.9. The molecule has 0 bridgehead atoms. The number of nitrogens with zero attached hydrogens (tertiary/aromatic N) is 2. The topological polar surface area (TPSA) is 76.1 Å². The van der Waals surface area contributed by atoms with Crippen LogP contribution >= 0.6 is 0 Å². The smallest absolute Gasteiger partial charge is 0.274 e. The molecule has 0 atom stereocenters. The molecule has 29 heavy (non-hydrogen) atoms. The molecular weight excluding hydrogens is 364 g/mol. The molecule has 6 heteroatoms. The molecule has 3 rings (SSSR count). The summed E-state index contributed by atoms with van der Waals surface area (Å²) in [5, 5.41) is 6.15. The van der Waals surface area contributed by atoms with Gasteiger partial charge in [-0.1, -0.05) is 38.1 Å². The first-order valence-corrected chi connectivity index (χ1v) is 9.54. The van der Waals surface area contributed by atoms with Crippen molar-refractivity contribution in [2.24, 2.45) is 0 Å². The van der Waals surface area contributed by atoms with Crippen molar-refractivity contribution in [1.82, 2.24) is 9.97 Å². The van der Waals surface area contributed by atoms with Gasteiger partial charge in [-0.25, -0.2) is 9.97 Å². The normalized spacial score (nSPS) is 10.7. The van der Waals surface area contributed by atoms with Crippen LogP contribution in [-0.4, -0.2) is 23.0 Å². The van der Waals surface area contributed by atoms with E-state index in [0.717, 1.165) is 28.1 Å². The van der Waals surface area contributed by atoms with Gasteiger partial charge < -0.3 is 15.4 Å². The van der Waals surface area contributed by atoms with E-state index in [9.17, 15) is 4.79 Å². The fourth-order valence-corrected chi connectivity index (χ4v) is 3.11. The van der Waals surface area contributed by atoms with Crippen LogP contribution in [0, 0.1) is 13.8 Å². The standard InChI is InChI=1S/C23H26N4O2/c1-14(2)17-8-6-7-16(4)21(17)27-22(28)18-11-12-24-23(25-18)26-19-13-15(3)9-10-20(19)29-5/h6-14H,1-5H3,(H,27,28)(H,24,25,26). The molecule has 6 nitrogen and oxygen atoms in total. The minimum absolute atomic E-state index is 0.275. The van der Waals surface area contributed by atoms with E-state index in [4.69, 9.17) is 4.74 Å². The molecule has 0 aliphatic rings. The van der Waals surface area contributed by atoms with Crippen molar-refractivity contribution in [3.63, 3.8) is 0 Å². The molecule has 2 N–H and O–H groups in total. The average Bonchev–Trinajstić information content (AvgIpc) is 2.69. The van der Waals surface area contributed by atoms with Crippen LogP contribution in [-0.2, 0) is 0 Å². The third-order valence-corrected chi connectivity index (χ3v) is 4.66. The van der Waals surface area contributed by atoms with Gasteiger partial charge in [-0.15, -0.1) is 0 Å². The summed E-state index contributed by atoms with van der Waals surface area (Å²) in [6.07, 6.45) is 1.56. The fraction of sp³-hybridized carbons (Fsp3) is 0.261. The van der Waals surface area contributed by atoms with Gasteiger partial charge in [-0.2, -0.15) is 0 Å². The summed E-state index contributed by atoms with van der Waals surface area (Å²) < 4.78 is 5.38. The van der Waals surface area contributed by atoms with E-state index < -0.39 is 0 Å². The second kappa shape index (κ2) is 8.73. The van der Waals surface area contributed by atoms with E-state index in [0.29, 0.717) is 17.6 Å². The van der Waals surface area contributed by atoms with Gasteiger partial charge in [0.15, 0.2) is 0 Å². The Balaban J connectivity index is 1.85. The fourth-order valence-electron chi connectivity index (χ4n) is 3.11. The summed E-state index contributed by atoms with van der Waals surface area (Å²) in [5.41, 5.74) is 5.04.